The van der Waals surface area contributed by atoms with Crippen molar-refractivity contribution in [3.63, 3.8) is 0 Å². The number of carbonyl (C=O) groups is 2. The first-order valence-electron chi connectivity index (χ1n) is 8.13. The number of para-hydroxylation sites is 1. The van der Waals surface area contributed by atoms with Crippen LogP contribution in [0.2, 0.25) is 0 Å². The Morgan fingerprint density at radius 1 is 1.39 bits per heavy atom. The van der Waals surface area contributed by atoms with E-state index in [2.05, 4.69) is 11.9 Å². The predicted molar refractivity (Wildman–Crippen MR) is 98.2 cm³/mol. The van der Waals surface area contributed by atoms with Gasteiger partial charge in [0, 0.05) is 6.07 Å². The lowest BCUT2D eigenvalue weighted by atomic mass is 10.1. The summed E-state index contributed by atoms with van der Waals surface area (Å²) in [7, 11) is -4.43. The maximum Gasteiger partial charge on any atom is 0.407 e. The number of carboxylic acid groups (broad SMARTS) is 1. The van der Waals surface area contributed by atoms with Crippen LogP contribution < -0.4 is 10.0 Å². The predicted octanol–water partition coefficient (Wildman–Crippen LogP) is 1.41. The Balaban J connectivity index is 2.90. The number of nitro benzene ring substituents is 1. The largest absolute Gasteiger partial charge is 0.480 e. The fourth-order valence-electron chi connectivity index (χ4n) is 2.17. The van der Waals surface area contributed by atoms with E-state index >= 15 is 0 Å². The van der Waals surface area contributed by atoms with Crippen LogP contribution in [0.5, 0.6) is 0 Å². The molecule has 28 heavy (non-hydrogen) atoms. The fourth-order valence-corrected chi connectivity index (χ4v) is 3.60. The summed E-state index contributed by atoms with van der Waals surface area (Å²) in [5, 5.41) is 22.4. The van der Waals surface area contributed by atoms with Crippen molar-refractivity contribution in [2.45, 2.75) is 36.7 Å². The highest BCUT2D eigenvalue weighted by Gasteiger charge is 2.33. The van der Waals surface area contributed by atoms with E-state index in [1.54, 1.807) is 6.08 Å². The normalized spacial score (nSPS) is 13.2. The molecule has 0 saturated heterocycles. The molecule has 1 rings (SSSR count). The maximum atomic E-state index is 12.5. The van der Waals surface area contributed by atoms with Gasteiger partial charge >= 0.3 is 12.1 Å². The minimum absolute atomic E-state index is 0.0283. The summed E-state index contributed by atoms with van der Waals surface area (Å²) in [6.45, 7) is 4.73. The van der Waals surface area contributed by atoms with Crippen LogP contribution in [-0.2, 0) is 19.6 Å². The zero-order valence-corrected chi connectivity index (χ0v) is 15.8. The van der Waals surface area contributed by atoms with Gasteiger partial charge in [-0.15, -0.1) is 6.58 Å². The zero-order valence-electron chi connectivity index (χ0n) is 15.0. The molecule has 0 aliphatic heterocycles. The fraction of sp³-hybridized carbons (Fsp3) is 0.375. The van der Waals surface area contributed by atoms with Crippen molar-refractivity contribution < 1.29 is 32.8 Å². The number of nitrogens with one attached hydrogen (secondary N) is 2. The Labute approximate surface area is 161 Å². The van der Waals surface area contributed by atoms with Crippen molar-refractivity contribution in [1.29, 1.82) is 0 Å². The first-order chi connectivity index (χ1) is 13.1. The molecule has 0 aromatic heterocycles. The summed E-state index contributed by atoms with van der Waals surface area (Å²) in [6.07, 6.45) is 1.69. The third kappa shape index (κ3) is 6.63. The topological polar surface area (TPSA) is 165 Å². The molecular formula is C16H21N3O8S. The van der Waals surface area contributed by atoms with E-state index < -0.39 is 49.7 Å². The molecule has 2 atom stereocenters. The van der Waals surface area contributed by atoms with Gasteiger partial charge in [0.2, 0.25) is 10.0 Å². The molecular weight excluding hydrogens is 394 g/mol. The van der Waals surface area contributed by atoms with Crippen molar-refractivity contribution in [1.82, 2.24) is 10.0 Å². The highest BCUT2D eigenvalue weighted by Crippen LogP contribution is 2.23. The van der Waals surface area contributed by atoms with Gasteiger partial charge in [-0.25, -0.2) is 22.7 Å². The lowest BCUT2D eigenvalue weighted by molar-refractivity contribution is -0.387. The van der Waals surface area contributed by atoms with Crippen LogP contribution in [-0.4, -0.2) is 49.2 Å². The quantitative estimate of drug-likeness (QED) is 0.211. The van der Waals surface area contributed by atoms with Crippen molar-refractivity contribution in [2.24, 2.45) is 0 Å². The molecule has 0 radical (unpaired) electrons. The number of benzene rings is 1. The summed E-state index contributed by atoms with van der Waals surface area (Å²) in [6, 6.07) is 1.62. The SMILES string of the molecule is C=CCCCOC(=O)NC(C(=O)O)C(C)NS(=O)(=O)c1ccccc1[N+](=O)[O-]. The number of aliphatic carboxylic acids is 1. The lowest BCUT2D eigenvalue weighted by Crippen LogP contribution is -2.54. The van der Waals surface area contributed by atoms with E-state index in [4.69, 9.17) is 4.74 Å². The van der Waals surface area contributed by atoms with Crippen molar-refractivity contribution in [3.8, 4) is 0 Å². The number of hydrogen-bond donors (Lipinski definition) is 3. The summed E-state index contributed by atoms with van der Waals surface area (Å²) < 4.78 is 31.8. The molecule has 1 aromatic rings. The Morgan fingerprint density at radius 3 is 2.61 bits per heavy atom. The lowest BCUT2D eigenvalue weighted by Gasteiger charge is -2.22. The first kappa shape index (κ1) is 23.0. The molecule has 11 nitrogen and oxygen atoms in total. The molecule has 2 unspecified atom stereocenters. The second-order valence-corrected chi connectivity index (χ2v) is 7.34. The van der Waals surface area contributed by atoms with Gasteiger partial charge in [0.25, 0.3) is 5.69 Å². The van der Waals surface area contributed by atoms with Gasteiger partial charge in [-0.2, -0.15) is 0 Å². The number of amides is 1. The number of unbranched alkanes of at least 4 members (excludes halogenated alkanes) is 1. The molecule has 1 aromatic carbocycles. The number of nitro groups is 1. The molecule has 0 heterocycles. The van der Waals surface area contributed by atoms with Gasteiger partial charge in [-0.1, -0.05) is 18.2 Å². The molecule has 154 valence electrons. The number of hydrogen-bond acceptors (Lipinski definition) is 7. The Bertz CT molecular complexity index is 840. The average molecular weight is 415 g/mol. The number of sulfonamides is 1. The molecule has 0 aliphatic rings. The smallest absolute Gasteiger partial charge is 0.407 e. The number of rotatable bonds is 11. The average Bonchev–Trinajstić information content (AvgIpc) is 2.62. The van der Waals surface area contributed by atoms with Crippen LogP contribution in [0.3, 0.4) is 0 Å². The van der Waals surface area contributed by atoms with Crippen molar-refractivity contribution in [2.75, 3.05) is 6.61 Å². The summed E-state index contributed by atoms with van der Waals surface area (Å²) >= 11 is 0. The molecule has 0 aliphatic carbocycles. The number of alkyl carbamates (subject to hydrolysis) is 1. The van der Waals surface area contributed by atoms with E-state index in [0.29, 0.717) is 12.8 Å². The first-order valence-corrected chi connectivity index (χ1v) is 9.61. The molecule has 0 saturated carbocycles. The summed E-state index contributed by atoms with van der Waals surface area (Å²) in [4.78, 5) is 32.7. The third-order valence-electron chi connectivity index (χ3n) is 3.52. The molecule has 0 bridgehead atoms. The number of allylic oxidation sites excluding steroid dienone is 1. The molecule has 3 N–H and O–H groups in total. The van der Waals surface area contributed by atoms with Crippen molar-refractivity contribution >= 4 is 27.8 Å². The number of carbonyl (C=O) groups excluding carboxylic acids is 1. The summed E-state index contributed by atoms with van der Waals surface area (Å²) in [5.74, 6) is -1.51. The molecule has 0 fully saturated rings. The monoisotopic (exact) mass is 415 g/mol. The van der Waals surface area contributed by atoms with Gasteiger partial charge < -0.3 is 15.2 Å². The van der Waals surface area contributed by atoms with Crippen LogP contribution >= 0.6 is 0 Å². The minimum Gasteiger partial charge on any atom is -0.480 e. The molecule has 12 heteroatoms. The van der Waals surface area contributed by atoms with Crippen LogP contribution in [0, 0.1) is 10.1 Å². The van der Waals surface area contributed by atoms with Crippen LogP contribution in [0.1, 0.15) is 19.8 Å². The van der Waals surface area contributed by atoms with Gasteiger partial charge in [0.1, 0.15) is 6.04 Å². The van der Waals surface area contributed by atoms with Crippen molar-refractivity contribution in [3.05, 3.63) is 47.0 Å². The second kappa shape index (κ2) is 10.4. The highest BCUT2D eigenvalue weighted by atomic mass is 32.2. The van der Waals surface area contributed by atoms with E-state index in [9.17, 15) is 33.2 Å². The number of ether oxygens (including phenoxy) is 1. The zero-order chi connectivity index (χ0) is 21.3. The van der Waals surface area contributed by atoms with Crippen LogP contribution in [0.4, 0.5) is 10.5 Å². The maximum absolute atomic E-state index is 12.5. The number of nitrogens with zero attached hydrogens (tertiary/aromatic N) is 1. The van der Waals surface area contributed by atoms with E-state index in [-0.39, 0.29) is 6.61 Å². The third-order valence-corrected chi connectivity index (χ3v) is 5.12. The van der Waals surface area contributed by atoms with E-state index in [1.807, 2.05) is 4.72 Å². The van der Waals surface area contributed by atoms with Gasteiger partial charge in [-0.3, -0.25) is 10.1 Å². The van der Waals surface area contributed by atoms with Crippen LogP contribution in [0.25, 0.3) is 0 Å². The van der Waals surface area contributed by atoms with Crippen LogP contribution in [0.15, 0.2) is 41.8 Å². The Morgan fingerprint density at radius 2 is 2.04 bits per heavy atom. The van der Waals surface area contributed by atoms with Gasteiger partial charge in [0.15, 0.2) is 4.90 Å². The Kier molecular flexibility index (Phi) is 8.54. The highest BCUT2D eigenvalue weighted by molar-refractivity contribution is 7.89. The molecule has 0 spiro atoms. The standard InChI is InChI=1S/C16H21N3O8S/c1-3-4-7-10-27-16(22)17-14(15(20)21)11(2)18-28(25,26)13-9-6-5-8-12(13)19(23)24/h3,5-6,8-9,11,14,18H,1,4,7,10H2,2H3,(H,17,22)(H,20,21). The van der Waals surface area contributed by atoms with E-state index in [1.165, 1.54) is 19.1 Å². The van der Waals surface area contributed by atoms with Gasteiger partial charge in [-0.05, 0) is 25.8 Å². The number of carboxylic acids is 1. The molecule has 1 amide bonds. The van der Waals surface area contributed by atoms with Gasteiger partial charge in [0.05, 0.1) is 17.6 Å². The van der Waals surface area contributed by atoms with E-state index in [0.717, 1.165) is 12.1 Å². The summed E-state index contributed by atoms with van der Waals surface area (Å²) in [5.41, 5.74) is -0.663. The minimum atomic E-state index is -4.43. The Hall–Kier alpha value is -2.99. The second-order valence-electron chi connectivity index (χ2n) is 5.66.